The molecule has 0 aromatic carbocycles. The van der Waals surface area contributed by atoms with Gasteiger partial charge in [-0.1, -0.05) is 15.9 Å². The number of hydrogen-bond donors (Lipinski definition) is 0. The van der Waals surface area contributed by atoms with Crippen molar-refractivity contribution in [2.75, 3.05) is 18.6 Å². The van der Waals surface area contributed by atoms with E-state index in [2.05, 4.69) is 15.9 Å². The van der Waals surface area contributed by atoms with Crippen molar-refractivity contribution in [3.05, 3.63) is 0 Å². The predicted molar refractivity (Wildman–Crippen MR) is 93.2 cm³/mol. The molecule has 1 amide bonds. The van der Waals surface area contributed by atoms with Crippen molar-refractivity contribution in [2.24, 2.45) is 17.3 Å². The summed E-state index contributed by atoms with van der Waals surface area (Å²) in [4.78, 5) is 14.6. The SMILES string of the molecule is CN(C(=O)CC12CC3CC(CC(Br)(C3)C1)C2)C1CCS(=O)(=O)C1. The Morgan fingerprint density at radius 2 is 1.87 bits per heavy atom. The van der Waals surface area contributed by atoms with Crippen LogP contribution in [0.3, 0.4) is 0 Å². The van der Waals surface area contributed by atoms with E-state index in [4.69, 9.17) is 0 Å². The highest BCUT2D eigenvalue weighted by molar-refractivity contribution is 9.10. The van der Waals surface area contributed by atoms with E-state index in [1.165, 1.54) is 32.1 Å². The summed E-state index contributed by atoms with van der Waals surface area (Å²) in [6, 6.07) is -0.112. The van der Waals surface area contributed by atoms with Crippen molar-refractivity contribution >= 4 is 31.7 Å². The van der Waals surface area contributed by atoms with Gasteiger partial charge < -0.3 is 4.90 Å². The molecule has 0 spiro atoms. The van der Waals surface area contributed by atoms with Gasteiger partial charge in [0.25, 0.3) is 0 Å². The molecule has 3 atom stereocenters. The zero-order chi connectivity index (χ0) is 16.5. The lowest BCUT2D eigenvalue weighted by Crippen LogP contribution is -2.54. The number of hydrogen-bond acceptors (Lipinski definition) is 3. The maximum Gasteiger partial charge on any atom is 0.223 e. The molecule has 1 heterocycles. The van der Waals surface area contributed by atoms with E-state index in [1.54, 1.807) is 11.9 Å². The van der Waals surface area contributed by atoms with Gasteiger partial charge >= 0.3 is 0 Å². The fourth-order valence-corrected chi connectivity index (χ4v) is 9.56. The monoisotopic (exact) mass is 403 g/mol. The lowest BCUT2D eigenvalue weighted by molar-refractivity contribution is -0.138. The van der Waals surface area contributed by atoms with E-state index in [-0.39, 0.29) is 33.2 Å². The summed E-state index contributed by atoms with van der Waals surface area (Å²) in [6.07, 6.45) is 8.62. The molecule has 5 rings (SSSR count). The first-order valence-corrected chi connectivity index (χ1v) is 11.4. The smallest absolute Gasteiger partial charge is 0.223 e. The third-order valence-electron chi connectivity index (χ3n) is 6.79. The van der Waals surface area contributed by atoms with Crippen LogP contribution >= 0.6 is 15.9 Å². The molecule has 5 aliphatic rings. The summed E-state index contributed by atoms with van der Waals surface area (Å²) in [5.41, 5.74) is 0.163. The highest BCUT2D eigenvalue weighted by Gasteiger charge is 2.57. The Balaban J connectivity index is 1.46. The maximum absolute atomic E-state index is 12.8. The largest absolute Gasteiger partial charge is 0.342 e. The van der Waals surface area contributed by atoms with E-state index < -0.39 is 9.84 Å². The number of carbonyl (C=O) groups excluding carboxylic acids is 1. The molecule has 23 heavy (non-hydrogen) atoms. The lowest BCUT2D eigenvalue weighted by Gasteiger charge is -2.60. The second-order valence-electron chi connectivity index (χ2n) is 8.85. The minimum Gasteiger partial charge on any atom is -0.342 e. The topological polar surface area (TPSA) is 54.5 Å². The van der Waals surface area contributed by atoms with Crippen LogP contribution in [-0.4, -0.2) is 48.1 Å². The first-order chi connectivity index (χ1) is 10.7. The van der Waals surface area contributed by atoms with Gasteiger partial charge in [-0.3, -0.25) is 4.79 Å². The van der Waals surface area contributed by atoms with Crippen molar-refractivity contribution in [3.8, 4) is 0 Å². The first kappa shape index (κ1) is 16.4. The lowest BCUT2D eigenvalue weighted by atomic mass is 9.48. The van der Waals surface area contributed by atoms with Crippen molar-refractivity contribution in [2.45, 2.75) is 61.7 Å². The van der Waals surface area contributed by atoms with Gasteiger partial charge in [-0.25, -0.2) is 8.42 Å². The molecule has 4 bridgehead atoms. The van der Waals surface area contributed by atoms with Crippen LogP contribution in [0.15, 0.2) is 0 Å². The number of carbonyl (C=O) groups is 1. The molecule has 4 aliphatic carbocycles. The van der Waals surface area contributed by atoms with E-state index in [1.807, 2.05) is 0 Å². The zero-order valence-corrected chi connectivity index (χ0v) is 16.2. The van der Waals surface area contributed by atoms with Crippen LogP contribution in [0.1, 0.15) is 51.4 Å². The second kappa shape index (κ2) is 5.20. The zero-order valence-electron chi connectivity index (χ0n) is 13.8. The average molecular weight is 404 g/mol. The van der Waals surface area contributed by atoms with Crippen LogP contribution in [0.4, 0.5) is 0 Å². The van der Waals surface area contributed by atoms with Crippen LogP contribution in [0.5, 0.6) is 0 Å². The number of amides is 1. The van der Waals surface area contributed by atoms with Gasteiger partial charge in [-0.15, -0.1) is 0 Å². The summed E-state index contributed by atoms with van der Waals surface area (Å²) in [6.45, 7) is 0. The summed E-state index contributed by atoms with van der Waals surface area (Å²) in [5, 5.41) is 0. The summed E-state index contributed by atoms with van der Waals surface area (Å²) < 4.78 is 23.6. The van der Waals surface area contributed by atoms with Crippen molar-refractivity contribution in [3.63, 3.8) is 0 Å². The van der Waals surface area contributed by atoms with Crippen LogP contribution in [0.2, 0.25) is 0 Å². The molecule has 1 saturated heterocycles. The first-order valence-electron chi connectivity index (χ1n) is 8.83. The molecular weight excluding hydrogens is 378 g/mol. The van der Waals surface area contributed by atoms with Crippen molar-refractivity contribution in [1.29, 1.82) is 0 Å². The minimum absolute atomic E-state index is 0.112. The van der Waals surface area contributed by atoms with Gasteiger partial charge in [0.05, 0.1) is 11.5 Å². The molecule has 3 unspecified atom stereocenters. The summed E-state index contributed by atoms with van der Waals surface area (Å²) in [5.74, 6) is 2.09. The molecule has 4 saturated carbocycles. The molecular formula is C17H26BrNO3S. The maximum atomic E-state index is 12.8. The van der Waals surface area contributed by atoms with Gasteiger partial charge in [-0.2, -0.15) is 0 Å². The standard InChI is InChI=1S/C17H26BrNO3S/c1-19(14-2-3-23(21,22)10-14)15(20)9-16-5-12-4-13(6-16)8-17(18,7-12)11-16/h12-14H,2-11H2,1H3. The molecule has 0 radical (unpaired) electrons. The van der Waals surface area contributed by atoms with Crippen molar-refractivity contribution < 1.29 is 13.2 Å². The van der Waals surface area contributed by atoms with Gasteiger partial charge in [0, 0.05) is 23.8 Å². The number of alkyl halides is 1. The normalized spacial score (nSPS) is 47.0. The Morgan fingerprint density at radius 1 is 1.22 bits per heavy atom. The Kier molecular flexibility index (Phi) is 3.70. The van der Waals surface area contributed by atoms with E-state index in [0.29, 0.717) is 12.8 Å². The third kappa shape index (κ3) is 2.99. The van der Waals surface area contributed by atoms with Gasteiger partial charge in [0.2, 0.25) is 5.91 Å². The van der Waals surface area contributed by atoms with E-state index in [9.17, 15) is 13.2 Å². The second-order valence-corrected chi connectivity index (χ2v) is 12.8. The van der Waals surface area contributed by atoms with Gasteiger partial charge in [-0.05, 0) is 62.2 Å². The van der Waals surface area contributed by atoms with Gasteiger partial charge in [0.15, 0.2) is 9.84 Å². The minimum atomic E-state index is -2.94. The molecule has 0 aromatic rings. The fraction of sp³-hybridized carbons (Fsp3) is 0.941. The van der Waals surface area contributed by atoms with Crippen LogP contribution in [0.25, 0.3) is 0 Å². The molecule has 0 N–H and O–H groups in total. The van der Waals surface area contributed by atoms with E-state index >= 15 is 0 Å². The molecule has 6 heteroatoms. The quantitative estimate of drug-likeness (QED) is 0.680. The van der Waals surface area contributed by atoms with E-state index in [0.717, 1.165) is 18.3 Å². The summed E-state index contributed by atoms with van der Waals surface area (Å²) >= 11 is 4.00. The highest BCUT2D eigenvalue weighted by atomic mass is 79.9. The Labute approximate surface area is 147 Å². The Bertz CT molecular complexity index is 618. The van der Waals surface area contributed by atoms with Gasteiger partial charge in [0.1, 0.15) is 0 Å². The molecule has 130 valence electrons. The highest BCUT2D eigenvalue weighted by Crippen LogP contribution is 2.65. The number of halogens is 1. The number of rotatable bonds is 3. The Hall–Kier alpha value is -0.100. The van der Waals surface area contributed by atoms with Crippen LogP contribution in [-0.2, 0) is 14.6 Å². The molecule has 4 nitrogen and oxygen atoms in total. The average Bonchev–Trinajstić information content (AvgIpc) is 2.74. The third-order valence-corrected chi connectivity index (χ3v) is 9.46. The fourth-order valence-electron chi connectivity index (χ4n) is 6.27. The molecule has 0 aromatic heterocycles. The molecule has 5 fully saturated rings. The molecule has 1 aliphatic heterocycles. The number of sulfone groups is 1. The predicted octanol–water partition coefficient (Wildman–Crippen LogP) is 2.76. The Morgan fingerprint density at radius 3 is 2.39 bits per heavy atom. The van der Waals surface area contributed by atoms with Crippen LogP contribution < -0.4 is 0 Å². The number of nitrogens with zero attached hydrogens (tertiary/aromatic N) is 1. The van der Waals surface area contributed by atoms with Crippen molar-refractivity contribution in [1.82, 2.24) is 4.90 Å². The van der Waals surface area contributed by atoms with Crippen LogP contribution in [0, 0.1) is 17.3 Å². The summed E-state index contributed by atoms with van der Waals surface area (Å²) in [7, 11) is -1.13.